The molecule has 0 aliphatic heterocycles. The molecule has 0 aliphatic rings. The van der Waals surface area contributed by atoms with Crippen LogP contribution in [0.2, 0.25) is 0 Å². The molecule has 0 saturated heterocycles. The number of hydrogen-bond acceptors (Lipinski definition) is 8. The lowest BCUT2D eigenvalue weighted by molar-refractivity contribution is -0.146. The number of carboxylic acids is 1. The molecule has 0 fully saturated rings. The Morgan fingerprint density at radius 1 is 0.532 bits per heavy atom. The number of carboxylic acid groups (broad SMARTS) is 1. The molecule has 0 radical (unpaired) electrons. The molecule has 3 atom stereocenters. The maximum absolute atomic E-state index is 12.3. The van der Waals surface area contributed by atoms with Gasteiger partial charge in [0.15, 0.2) is 6.04 Å². The number of carbonyl (C=O) groups excluding carboxylic acids is 2. The molecule has 1 amide bonds. The highest BCUT2D eigenvalue weighted by Gasteiger charge is 2.28. The Labute approximate surface area is 375 Å². The van der Waals surface area contributed by atoms with Crippen LogP contribution in [0.25, 0.3) is 0 Å². The lowest BCUT2D eigenvalue weighted by Crippen LogP contribution is -2.43. The number of unbranched alkanes of at least 4 members (excludes halogenated alkanes) is 16. The fraction of sp³-hybridized carbons (Fsp3) is 0.660. The zero-order chi connectivity index (χ0) is 45.6. The summed E-state index contributed by atoms with van der Waals surface area (Å²) in [5.74, 6) is -2.52. The second kappa shape index (κ2) is 44.3. The fourth-order valence-electron chi connectivity index (χ4n) is 6.11. The zero-order valence-electron chi connectivity index (χ0n) is 38.4. The minimum absolute atomic E-state index is 0.0143. The standard InChI is InChI=1S/C50H84NO10P/c1-3-5-7-9-11-13-15-17-19-21-22-23-24-26-28-30-32-34-36-38-40-42-49(54)59-43-46(52)44-60-62(57,58)61-45-47(50(55)56)51-48(53)41-39-37-35-33-31-29-27-25-20-18-16-14-12-10-8-6-4-2/h5,7,11,13,17,19,22-23,26,28,32,34,38,40,46-47,52H,3-4,6,8-10,12,14-16,18,20-21,24-25,27,29-31,33,35-37,39,41-45H2,1-2H3,(H,51,53)(H,55,56)(H,57,58)/b7-5-,13-11-,19-17-,23-22-,28-26-,34-32-,40-38-. The van der Waals surface area contributed by atoms with Crippen molar-refractivity contribution in [3.63, 3.8) is 0 Å². The molecular weight excluding hydrogens is 806 g/mol. The van der Waals surface area contributed by atoms with Gasteiger partial charge in [0.25, 0.3) is 0 Å². The predicted octanol–water partition coefficient (Wildman–Crippen LogP) is 12.7. The van der Waals surface area contributed by atoms with Crippen LogP contribution in [0, 0.1) is 0 Å². The van der Waals surface area contributed by atoms with Crippen molar-refractivity contribution < 1.29 is 47.8 Å². The molecule has 0 spiro atoms. The predicted molar refractivity (Wildman–Crippen MR) is 254 cm³/mol. The maximum Gasteiger partial charge on any atom is 0.472 e. The minimum atomic E-state index is -4.78. The first-order valence-electron chi connectivity index (χ1n) is 23.6. The van der Waals surface area contributed by atoms with Crippen molar-refractivity contribution in [3.8, 4) is 0 Å². The molecule has 4 N–H and O–H groups in total. The molecule has 0 bridgehead atoms. The van der Waals surface area contributed by atoms with E-state index >= 15 is 0 Å². The number of ether oxygens (including phenoxy) is 1. The molecule has 0 aromatic carbocycles. The van der Waals surface area contributed by atoms with Gasteiger partial charge in [0, 0.05) is 6.42 Å². The Balaban J connectivity index is 3.99. The third kappa shape index (κ3) is 43.3. The van der Waals surface area contributed by atoms with Crippen molar-refractivity contribution in [1.82, 2.24) is 5.32 Å². The molecular formula is C50H84NO10P. The van der Waals surface area contributed by atoms with Crippen molar-refractivity contribution in [3.05, 3.63) is 85.1 Å². The number of hydrogen-bond donors (Lipinski definition) is 4. The molecule has 12 heteroatoms. The molecule has 0 rings (SSSR count). The summed E-state index contributed by atoms with van der Waals surface area (Å²) in [6.07, 6.45) is 54.9. The Bertz CT molecular complexity index is 1370. The van der Waals surface area contributed by atoms with Gasteiger partial charge in [-0.15, -0.1) is 0 Å². The van der Waals surface area contributed by atoms with Gasteiger partial charge in [0.2, 0.25) is 5.91 Å². The zero-order valence-corrected chi connectivity index (χ0v) is 39.3. The van der Waals surface area contributed by atoms with Gasteiger partial charge in [-0.3, -0.25) is 18.6 Å². The SMILES string of the molecule is CC/C=C\C/C=C\C/C=C\C/C=C\C/C=C\C/C=C\C/C=C\CC(=O)OCC(O)COP(=O)(O)OCC(NC(=O)CCCCCCCCCCCCCCCCCCC)C(=O)O. The van der Waals surface area contributed by atoms with Gasteiger partial charge in [-0.25, -0.2) is 9.36 Å². The first kappa shape index (κ1) is 58.7. The maximum atomic E-state index is 12.3. The summed E-state index contributed by atoms with van der Waals surface area (Å²) in [4.78, 5) is 46.0. The molecule has 0 heterocycles. The summed E-state index contributed by atoms with van der Waals surface area (Å²) in [6, 6.07) is -1.56. The highest BCUT2D eigenvalue weighted by molar-refractivity contribution is 7.47. The van der Waals surface area contributed by atoms with E-state index in [0.717, 1.165) is 57.8 Å². The number of aliphatic hydroxyl groups excluding tert-OH is 1. The number of allylic oxidation sites excluding steroid dienone is 13. The van der Waals surface area contributed by atoms with Gasteiger partial charge in [-0.2, -0.15) is 0 Å². The van der Waals surface area contributed by atoms with E-state index in [1.807, 2.05) is 18.2 Å². The van der Waals surface area contributed by atoms with E-state index in [1.165, 1.54) is 83.5 Å². The first-order chi connectivity index (χ1) is 30.1. The van der Waals surface area contributed by atoms with Crippen molar-refractivity contribution in [2.24, 2.45) is 0 Å². The van der Waals surface area contributed by atoms with Crippen LogP contribution < -0.4 is 5.32 Å². The van der Waals surface area contributed by atoms with Crippen LogP contribution in [0.1, 0.15) is 181 Å². The summed E-state index contributed by atoms with van der Waals surface area (Å²) in [6.45, 7) is 2.38. The van der Waals surface area contributed by atoms with E-state index in [0.29, 0.717) is 12.8 Å². The van der Waals surface area contributed by atoms with Gasteiger partial charge in [-0.05, 0) is 51.4 Å². The molecule has 62 heavy (non-hydrogen) atoms. The number of aliphatic carboxylic acids is 1. The molecule has 0 aliphatic carbocycles. The Morgan fingerprint density at radius 2 is 0.903 bits per heavy atom. The summed E-state index contributed by atoms with van der Waals surface area (Å²) < 4.78 is 26.8. The van der Waals surface area contributed by atoms with Crippen LogP contribution in [0.5, 0.6) is 0 Å². The van der Waals surface area contributed by atoms with E-state index in [2.05, 4.69) is 79.9 Å². The third-order valence-electron chi connectivity index (χ3n) is 9.73. The van der Waals surface area contributed by atoms with Gasteiger partial charge in [0.1, 0.15) is 12.7 Å². The molecule has 3 unspecified atom stereocenters. The summed E-state index contributed by atoms with van der Waals surface area (Å²) >= 11 is 0. The summed E-state index contributed by atoms with van der Waals surface area (Å²) in [5.41, 5.74) is 0. The van der Waals surface area contributed by atoms with Crippen LogP contribution >= 0.6 is 7.82 Å². The number of carbonyl (C=O) groups is 3. The van der Waals surface area contributed by atoms with Gasteiger partial charge in [0.05, 0.1) is 19.6 Å². The fourth-order valence-corrected chi connectivity index (χ4v) is 6.88. The number of amides is 1. The van der Waals surface area contributed by atoms with E-state index in [-0.39, 0.29) is 12.8 Å². The van der Waals surface area contributed by atoms with Crippen LogP contribution in [0.4, 0.5) is 0 Å². The van der Waals surface area contributed by atoms with Crippen LogP contribution in [0.15, 0.2) is 85.1 Å². The molecule has 0 saturated carbocycles. The molecule has 0 aromatic rings. The molecule has 354 valence electrons. The van der Waals surface area contributed by atoms with Crippen LogP contribution in [-0.4, -0.2) is 64.9 Å². The number of phosphoric ester groups is 1. The van der Waals surface area contributed by atoms with Gasteiger partial charge in [-0.1, -0.05) is 202 Å². The average molecular weight is 890 g/mol. The Hall–Kier alpha value is -3.34. The largest absolute Gasteiger partial charge is 0.480 e. The normalized spacial score (nSPS) is 14.4. The Morgan fingerprint density at radius 3 is 1.31 bits per heavy atom. The molecule has 11 nitrogen and oxygen atoms in total. The number of esters is 1. The highest BCUT2D eigenvalue weighted by atomic mass is 31.2. The topological polar surface area (TPSA) is 169 Å². The minimum Gasteiger partial charge on any atom is -0.480 e. The summed E-state index contributed by atoms with van der Waals surface area (Å²) in [7, 11) is -4.78. The van der Waals surface area contributed by atoms with E-state index < -0.39 is 57.6 Å². The summed E-state index contributed by atoms with van der Waals surface area (Å²) in [5, 5.41) is 21.8. The average Bonchev–Trinajstić information content (AvgIpc) is 3.25. The van der Waals surface area contributed by atoms with Crippen molar-refractivity contribution in [2.75, 3.05) is 19.8 Å². The van der Waals surface area contributed by atoms with Crippen molar-refractivity contribution in [1.29, 1.82) is 0 Å². The quantitative estimate of drug-likeness (QED) is 0.0200. The van der Waals surface area contributed by atoms with Gasteiger partial charge < -0.3 is 25.2 Å². The van der Waals surface area contributed by atoms with Gasteiger partial charge >= 0.3 is 19.8 Å². The van der Waals surface area contributed by atoms with Crippen molar-refractivity contribution >= 4 is 25.7 Å². The second-order valence-electron chi connectivity index (χ2n) is 15.6. The smallest absolute Gasteiger partial charge is 0.472 e. The number of rotatable bonds is 43. The van der Waals surface area contributed by atoms with E-state index in [4.69, 9.17) is 13.8 Å². The van der Waals surface area contributed by atoms with E-state index in [9.17, 15) is 34.1 Å². The highest BCUT2D eigenvalue weighted by Crippen LogP contribution is 2.43. The third-order valence-corrected chi connectivity index (χ3v) is 10.7. The van der Waals surface area contributed by atoms with Crippen LogP contribution in [-0.2, 0) is 32.7 Å². The second-order valence-corrected chi connectivity index (χ2v) is 17.0. The number of phosphoric acid groups is 1. The lowest BCUT2D eigenvalue weighted by Gasteiger charge is -2.18. The molecule has 0 aromatic heterocycles. The lowest BCUT2D eigenvalue weighted by atomic mass is 10.0. The van der Waals surface area contributed by atoms with Crippen molar-refractivity contribution in [2.45, 2.75) is 193 Å². The van der Waals surface area contributed by atoms with Crippen LogP contribution in [0.3, 0.4) is 0 Å². The first-order valence-corrected chi connectivity index (χ1v) is 25.1. The monoisotopic (exact) mass is 890 g/mol. The Kier molecular flexibility index (Phi) is 41.9. The van der Waals surface area contributed by atoms with E-state index in [1.54, 1.807) is 6.08 Å². The number of aliphatic hydroxyl groups is 1. The number of nitrogens with one attached hydrogen (secondary N) is 1.